The Bertz CT molecular complexity index is 441. The predicted octanol–water partition coefficient (Wildman–Crippen LogP) is 0.0716. The second-order valence-electron chi connectivity index (χ2n) is 3.83. The van der Waals surface area contributed by atoms with Crippen LogP contribution in [-0.2, 0) is 19.2 Å². The van der Waals surface area contributed by atoms with Gasteiger partial charge in [0.05, 0.1) is 7.11 Å². The highest BCUT2D eigenvalue weighted by Crippen LogP contribution is 1.99. The molecule has 116 valence electrons. The molecule has 0 aromatic carbocycles. The highest BCUT2D eigenvalue weighted by molar-refractivity contribution is 6.46. The van der Waals surface area contributed by atoms with Gasteiger partial charge in [-0.25, -0.2) is 4.79 Å². The molecule has 9 nitrogen and oxygen atoms in total. The number of urea groups is 1. The van der Waals surface area contributed by atoms with Crippen molar-refractivity contribution >= 4 is 23.6 Å². The molecule has 2 N–H and O–H groups in total. The third kappa shape index (κ3) is 8.99. The van der Waals surface area contributed by atoms with E-state index >= 15 is 0 Å². The quantitative estimate of drug-likeness (QED) is 0.282. The van der Waals surface area contributed by atoms with Gasteiger partial charge in [-0.05, 0) is 12.8 Å². The molecule has 0 saturated heterocycles. The summed E-state index contributed by atoms with van der Waals surface area (Å²) in [7, 11) is 2.51. The van der Waals surface area contributed by atoms with Gasteiger partial charge in [-0.2, -0.15) is 5.26 Å². The normalized spacial score (nSPS) is 10.2. The maximum Gasteiger partial charge on any atom is 0.321 e. The van der Waals surface area contributed by atoms with E-state index in [0.29, 0.717) is 25.8 Å². The molecule has 0 unspecified atom stereocenters. The lowest BCUT2D eigenvalue weighted by Gasteiger charge is -2.05. The first-order chi connectivity index (χ1) is 10.0. The standard InChI is InChI=1S/C12H18N4O5/c1-20-10(17)6-4-3-5-7-14-12(19)15-11(18)9(8-13)16-21-2/h3-7H2,1-2H3,(H2,14,15,18,19)/b16-9-. The molecule has 0 radical (unpaired) electrons. The summed E-state index contributed by atoms with van der Waals surface area (Å²) >= 11 is 0. The smallest absolute Gasteiger partial charge is 0.321 e. The van der Waals surface area contributed by atoms with Crippen LogP contribution in [-0.4, -0.2) is 44.4 Å². The van der Waals surface area contributed by atoms with Gasteiger partial charge in [0.2, 0.25) is 5.71 Å². The van der Waals surface area contributed by atoms with E-state index in [2.05, 4.69) is 20.0 Å². The minimum atomic E-state index is -0.942. The van der Waals surface area contributed by atoms with E-state index in [9.17, 15) is 14.4 Å². The number of ether oxygens (including phenoxy) is 1. The van der Waals surface area contributed by atoms with E-state index in [0.717, 1.165) is 6.42 Å². The largest absolute Gasteiger partial charge is 0.469 e. The Morgan fingerprint density at radius 2 is 1.90 bits per heavy atom. The lowest BCUT2D eigenvalue weighted by Crippen LogP contribution is -2.42. The van der Waals surface area contributed by atoms with Gasteiger partial charge >= 0.3 is 12.0 Å². The van der Waals surface area contributed by atoms with Crippen molar-refractivity contribution in [2.75, 3.05) is 20.8 Å². The van der Waals surface area contributed by atoms with Crippen LogP contribution < -0.4 is 10.6 Å². The van der Waals surface area contributed by atoms with Gasteiger partial charge in [0.25, 0.3) is 5.91 Å². The number of imide groups is 1. The molecule has 0 atom stereocenters. The Labute approximate surface area is 122 Å². The van der Waals surface area contributed by atoms with Crippen LogP contribution in [0.2, 0.25) is 0 Å². The first kappa shape index (κ1) is 18.4. The maximum atomic E-state index is 11.4. The summed E-state index contributed by atoms with van der Waals surface area (Å²) in [6, 6.07) is 0.768. The Balaban J connectivity index is 3.82. The first-order valence-corrected chi connectivity index (χ1v) is 6.22. The molecule has 0 aromatic heterocycles. The molecule has 0 fully saturated rings. The Morgan fingerprint density at radius 1 is 1.19 bits per heavy atom. The summed E-state index contributed by atoms with van der Waals surface area (Å²) in [5.74, 6) is -1.21. The second kappa shape index (κ2) is 11.2. The lowest BCUT2D eigenvalue weighted by atomic mass is 10.2. The molecule has 0 heterocycles. The number of unbranched alkanes of at least 4 members (excludes halogenated alkanes) is 2. The van der Waals surface area contributed by atoms with Crippen molar-refractivity contribution in [1.29, 1.82) is 5.26 Å². The van der Waals surface area contributed by atoms with Crippen molar-refractivity contribution < 1.29 is 24.0 Å². The van der Waals surface area contributed by atoms with Gasteiger partial charge in [-0.3, -0.25) is 14.9 Å². The van der Waals surface area contributed by atoms with E-state index in [4.69, 9.17) is 5.26 Å². The number of nitrogens with zero attached hydrogens (tertiary/aromatic N) is 2. The molecule has 0 aliphatic heterocycles. The van der Waals surface area contributed by atoms with Gasteiger partial charge in [0, 0.05) is 13.0 Å². The van der Waals surface area contributed by atoms with Gasteiger partial charge in [0.1, 0.15) is 13.2 Å². The third-order valence-electron chi connectivity index (χ3n) is 2.30. The van der Waals surface area contributed by atoms with Crippen LogP contribution in [0.1, 0.15) is 25.7 Å². The van der Waals surface area contributed by atoms with Gasteiger partial charge < -0.3 is 14.9 Å². The number of methoxy groups -OCH3 is 1. The average molecular weight is 298 g/mol. The van der Waals surface area contributed by atoms with Gasteiger partial charge in [0.15, 0.2) is 0 Å². The number of nitriles is 1. The molecular weight excluding hydrogens is 280 g/mol. The molecule has 0 aliphatic carbocycles. The zero-order valence-electron chi connectivity index (χ0n) is 12.0. The topological polar surface area (TPSA) is 130 Å². The number of hydrogen-bond acceptors (Lipinski definition) is 7. The van der Waals surface area contributed by atoms with Crippen LogP contribution in [0, 0.1) is 11.3 Å². The minimum absolute atomic E-state index is 0.271. The minimum Gasteiger partial charge on any atom is -0.469 e. The van der Waals surface area contributed by atoms with Crippen molar-refractivity contribution in [3.63, 3.8) is 0 Å². The molecule has 0 rings (SSSR count). The number of oxime groups is 1. The zero-order valence-corrected chi connectivity index (χ0v) is 12.0. The van der Waals surface area contributed by atoms with Crippen LogP contribution in [0.5, 0.6) is 0 Å². The fourth-order valence-corrected chi connectivity index (χ4v) is 1.29. The molecule has 9 heteroatoms. The zero-order chi connectivity index (χ0) is 16.1. The molecule has 0 aromatic rings. The third-order valence-corrected chi connectivity index (χ3v) is 2.30. The van der Waals surface area contributed by atoms with E-state index in [1.807, 2.05) is 5.32 Å². The van der Waals surface area contributed by atoms with Crippen molar-refractivity contribution in [1.82, 2.24) is 10.6 Å². The summed E-state index contributed by atoms with van der Waals surface area (Å²) in [6.45, 7) is 0.337. The van der Waals surface area contributed by atoms with E-state index < -0.39 is 17.6 Å². The molecular formula is C12H18N4O5. The average Bonchev–Trinajstić information content (AvgIpc) is 2.47. The van der Waals surface area contributed by atoms with Crippen LogP contribution in [0.15, 0.2) is 5.16 Å². The Hall–Kier alpha value is -2.63. The first-order valence-electron chi connectivity index (χ1n) is 6.22. The highest BCUT2D eigenvalue weighted by Gasteiger charge is 2.14. The fourth-order valence-electron chi connectivity index (χ4n) is 1.29. The number of carbonyl (C=O) groups is 3. The Kier molecular flexibility index (Phi) is 9.81. The molecule has 21 heavy (non-hydrogen) atoms. The summed E-state index contributed by atoms with van der Waals surface area (Å²) in [5.41, 5.74) is -0.550. The highest BCUT2D eigenvalue weighted by atomic mass is 16.6. The molecule has 3 amide bonds. The van der Waals surface area contributed by atoms with Crippen LogP contribution in [0.4, 0.5) is 4.79 Å². The number of amides is 3. The molecule has 0 aliphatic rings. The summed E-state index contributed by atoms with van der Waals surface area (Å²) in [5, 5.41) is 16.1. The van der Waals surface area contributed by atoms with Crippen molar-refractivity contribution in [2.24, 2.45) is 5.16 Å². The number of esters is 1. The second-order valence-corrected chi connectivity index (χ2v) is 3.83. The number of rotatable bonds is 8. The van der Waals surface area contributed by atoms with Crippen LogP contribution >= 0.6 is 0 Å². The maximum absolute atomic E-state index is 11.4. The van der Waals surface area contributed by atoms with Crippen LogP contribution in [0.25, 0.3) is 0 Å². The molecule has 0 saturated carbocycles. The van der Waals surface area contributed by atoms with E-state index in [-0.39, 0.29) is 5.97 Å². The fraction of sp³-hybridized carbons (Fsp3) is 0.583. The Morgan fingerprint density at radius 3 is 2.48 bits per heavy atom. The SMILES string of the molecule is CO/N=C(/C#N)C(=O)NC(=O)NCCCCCC(=O)OC. The number of hydrogen-bond donors (Lipinski definition) is 2. The van der Waals surface area contributed by atoms with Gasteiger partial charge in [-0.1, -0.05) is 11.6 Å². The summed E-state index contributed by atoms with van der Waals surface area (Å²) < 4.78 is 4.49. The van der Waals surface area contributed by atoms with Crippen molar-refractivity contribution in [3.8, 4) is 6.07 Å². The summed E-state index contributed by atoms with van der Waals surface area (Å²) in [6.07, 6.45) is 2.38. The lowest BCUT2D eigenvalue weighted by molar-refractivity contribution is -0.140. The number of carbonyl (C=O) groups excluding carboxylic acids is 3. The van der Waals surface area contributed by atoms with Crippen molar-refractivity contribution in [2.45, 2.75) is 25.7 Å². The monoisotopic (exact) mass is 298 g/mol. The summed E-state index contributed by atoms with van der Waals surface area (Å²) in [4.78, 5) is 37.8. The predicted molar refractivity (Wildman–Crippen MR) is 72.1 cm³/mol. The van der Waals surface area contributed by atoms with E-state index in [1.165, 1.54) is 20.3 Å². The van der Waals surface area contributed by atoms with Crippen molar-refractivity contribution in [3.05, 3.63) is 0 Å². The van der Waals surface area contributed by atoms with Gasteiger partial charge in [-0.15, -0.1) is 0 Å². The van der Waals surface area contributed by atoms with E-state index in [1.54, 1.807) is 0 Å². The molecule has 0 bridgehead atoms. The van der Waals surface area contributed by atoms with Crippen LogP contribution in [0.3, 0.4) is 0 Å². The number of nitrogens with one attached hydrogen (secondary N) is 2. The molecule has 0 spiro atoms.